The fourth-order valence-corrected chi connectivity index (χ4v) is 4.10. The summed E-state index contributed by atoms with van der Waals surface area (Å²) in [6, 6.07) is 3.53. The Morgan fingerprint density at radius 3 is 2.42 bits per heavy atom. The number of rotatable bonds is 4. The lowest BCUT2D eigenvalue weighted by Crippen LogP contribution is -2.32. The van der Waals surface area contributed by atoms with Crippen LogP contribution in [0.3, 0.4) is 0 Å². The van der Waals surface area contributed by atoms with Crippen LogP contribution in [0.25, 0.3) is 0 Å². The molecule has 0 aliphatic heterocycles. The first-order valence-electron chi connectivity index (χ1n) is 7.93. The Bertz CT molecular complexity index is 758. The third kappa shape index (κ3) is 2.24. The molecule has 8 nitrogen and oxygen atoms in total. The first-order valence-corrected chi connectivity index (χ1v) is 7.93. The van der Waals surface area contributed by atoms with E-state index in [1.165, 1.54) is 18.6 Å². The van der Waals surface area contributed by atoms with Gasteiger partial charge in [-0.3, -0.25) is 25.7 Å². The number of hydrogen-bond acceptors (Lipinski definition) is 6. The normalized spacial score (nSPS) is 29.0. The van der Waals surface area contributed by atoms with Crippen molar-refractivity contribution in [1.29, 1.82) is 0 Å². The lowest BCUT2D eigenvalue weighted by atomic mass is 9.70. The second-order valence-electron chi connectivity index (χ2n) is 7.38. The second-order valence-corrected chi connectivity index (χ2v) is 7.38. The highest BCUT2D eigenvalue weighted by molar-refractivity contribution is 5.95. The van der Waals surface area contributed by atoms with Crippen molar-refractivity contribution in [2.45, 2.75) is 40.0 Å². The van der Waals surface area contributed by atoms with Gasteiger partial charge in [-0.1, -0.05) is 20.8 Å². The van der Waals surface area contributed by atoms with Gasteiger partial charge in [-0.15, -0.1) is 0 Å². The summed E-state index contributed by atoms with van der Waals surface area (Å²) in [6.07, 6.45) is 3.13. The number of anilines is 1. The Balaban J connectivity index is 1.90. The number of nitrogens with one attached hydrogen (secondary N) is 1. The maximum atomic E-state index is 11.2. The lowest BCUT2D eigenvalue weighted by Gasteiger charge is -2.34. The molecule has 0 aromatic heterocycles. The SMILES string of the molecule is CC1(C)[C@@H]2CC[C@@]1(C)/C(=N\Nc1ccc([N+](=O)[O-])cc1[N+](=O)[O-])C2. The molecule has 1 N–H and O–H groups in total. The maximum Gasteiger partial charge on any atom is 0.301 e. The van der Waals surface area contributed by atoms with Crippen LogP contribution in [0.1, 0.15) is 40.0 Å². The second kappa shape index (κ2) is 5.25. The van der Waals surface area contributed by atoms with E-state index < -0.39 is 9.85 Å². The van der Waals surface area contributed by atoms with Crippen LogP contribution in [0.2, 0.25) is 0 Å². The number of nitro benzene ring substituents is 2. The molecule has 0 amide bonds. The predicted molar refractivity (Wildman–Crippen MR) is 90.0 cm³/mol. The monoisotopic (exact) mass is 332 g/mol. The van der Waals surface area contributed by atoms with Crippen molar-refractivity contribution in [3.8, 4) is 0 Å². The molecule has 0 unspecified atom stereocenters. The van der Waals surface area contributed by atoms with E-state index >= 15 is 0 Å². The summed E-state index contributed by atoms with van der Waals surface area (Å²) >= 11 is 0. The van der Waals surface area contributed by atoms with Gasteiger partial charge >= 0.3 is 5.69 Å². The fraction of sp³-hybridized carbons (Fsp3) is 0.562. The summed E-state index contributed by atoms with van der Waals surface area (Å²) in [6.45, 7) is 6.70. The van der Waals surface area contributed by atoms with Gasteiger partial charge < -0.3 is 0 Å². The zero-order valence-corrected chi connectivity index (χ0v) is 13.9. The van der Waals surface area contributed by atoms with Gasteiger partial charge in [0.05, 0.1) is 15.9 Å². The van der Waals surface area contributed by atoms with Crippen LogP contribution in [0.15, 0.2) is 23.3 Å². The summed E-state index contributed by atoms with van der Waals surface area (Å²) < 4.78 is 0. The molecule has 128 valence electrons. The van der Waals surface area contributed by atoms with Gasteiger partial charge in [-0.05, 0) is 36.7 Å². The topological polar surface area (TPSA) is 111 Å². The smallest absolute Gasteiger partial charge is 0.272 e. The molecule has 2 aliphatic rings. The molecule has 8 heteroatoms. The predicted octanol–water partition coefficient (Wildman–Crippen LogP) is 4.12. The van der Waals surface area contributed by atoms with Gasteiger partial charge in [-0.2, -0.15) is 5.10 Å². The first-order chi connectivity index (χ1) is 11.2. The maximum absolute atomic E-state index is 11.2. The molecular weight excluding hydrogens is 312 g/mol. The average Bonchev–Trinajstić information content (AvgIpc) is 2.85. The van der Waals surface area contributed by atoms with E-state index in [9.17, 15) is 20.2 Å². The van der Waals surface area contributed by atoms with Gasteiger partial charge in [0, 0.05) is 17.2 Å². The summed E-state index contributed by atoms with van der Waals surface area (Å²) in [5.74, 6) is 0.579. The molecule has 0 saturated heterocycles. The minimum atomic E-state index is -0.651. The van der Waals surface area contributed by atoms with Crippen molar-refractivity contribution in [3.05, 3.63) is 38.4 Å². The molecule has 3 rings (SSSR count). The van der Waals surface area contributed by atoms with E-state index in [1.54, 1.807) is 0 Å². The standard InChI is InChI=1S/C16H20N4O4/c1-15(2)10-6-7-16(15,3)14(8-10)18-17-12-5-4-11(19(21)22)9-13(12)20(23)24/h4-5,9-10,17H,6-8H2,1-3H3/b18-14-/t10-,16+/m1/s1. The number of nitrogens with zero attached hydrogens (tertiary/aromatic N) is 3. The van der Waals surface area contributed by atoms with Crippen molar-refractivity contribution in [2.75, 3.05) is 5.43 Å². The van der Waals surface area contributed by atoms with E-state index in [4.69, 9.17) is 0 Å². The fourth-order valence-electron chi connectivity index (χ4n) is 4.10. The van der Waals surface area contributed by atoms with Crippen LogP contribution >= 0.6 is 0 Å². The summed E-state index contributed by atoms with van der Waals surface area (Å²) in [5, 5.41) is 26.4. The van der Waals surface area contributed by atoms with E-state index in [2.05, 4.69) is 31.3 Å². The Labute approximate surface area is 139 Å². The minimum absolute atomic E-state index is 0.0137. The molecule has 0 radical (unpaired) electrons. The number of hydrazone groups is 1. The van der Waals surface area contributed by atoms with Crippen molar-refractivity contribution < 1.29 is 9.85 Å². The molecule has 0 spiro atoms. The third-order valence-corrected chi connectivity index (χ3v) is 6.21. The van der Waals surface area contributed by atoms with Crippen LogP contribution in [0, 0.1) is 37.0 Å². The zero-order chi connectivity index (χ0) is 17.7. The number of hydrogen-bond donors (Lipinski definition) is 1. The van der Waals surface area contributed by atoms with E-state index in [1.807, 2.05) is 0 Å². The minimum Gasteiger partial charge on any atom is -0.272 e. The summed E-state index contributed by atoms with van der Waals surface area (Å²) in [7, 11) is 0. The molecule has 24 heavy (non-hydrogen) atoms. The third-order valence-electron chi connectivity index (χ3n) is 6.21. The average molecular weight is 332 g/mol. The quantitative estimate of drug-likeness (QED) is 0.658. The molecule has 0 heterocycles. The van der Waals surface area contributed by atoms with Crippen LogP contribution in [0.5, 0.6) is 0 Å². The molecule has 2 aliphatic carbocycles. The van der Waals surface area contributed by atoms with E-state index in [-0.39, 0.29) is 27.9 Å². The first kappa shape index (κ1) is 16.4. The van der Waals surface area contributed by atoms with Crippen LogP contribution < -0.4 is 5.43 Å². The van der Waals surface area contributed by atoms with E-state index in [0.29, 0.717) is 5.92 Å². The number of nitro groups is 2. The number of non-ortho nitro benzene ring substituents is 1. The highest BCUT2D eigenvalue weighted by Gasteiger charge is 2.60. The largest absolute Gasteiger partial charge is 0.301 e. The molecule has 1 aromatic carbocycles. The van der Waals surface area contributed by atoms with Crippen molar-refractivity contribution in [2.24, 2.45) is 21.8 Å². The van der Waals surface area contributed by atoms with Crippen LogP contribution in [0.4, 0.5) is 17.1 Å². The van der Waals surface area contributed by atoms with Gasteiger partial charge in [-0.25, -0.2) is 0 Å². The Kier molecular flexibility index (Phi) is 3.58. The van der Waals surface area contributed by atoms with Crippen molar-refractivity contribution in [1.82, 2.24) is 0 Å². The molecule has 1 aromatic rings. The van der Waals surface area contributed by atoms with Crippen molar-refractivity contribution in [3.63, 3.8) is 0 Å². The van der Waals surface area contributed by atoms with E-state index in [0.717, 1.165) is 24.6 Å². The Hall–Kier alpha value is -2.51. The highest BCUT2D eigenvalue weighted by atomic mass is 16.6. The van der Waals surface area contributed by atoms with Gasteiger partial charge in [0.25, 0.3) is 5.69 Å². The Morgan fingerprint density at radius 1 is 1.21 bits per heavy atom. The Morgan fingerprint density at radius 2 is 1.92 bits per heavy atom. The molecule has 2 atom stereocenters. The van der Waals surface area contributed by atoms with Gasteiger partial charge in [0.2, 0.25) is 0 Å². The molecule has 2 fully saturated rings. The van der Waals surface area contributed by atoms with Crippen LogP contribution in [-0.4, -0.2) is 15.6 Å². The number of fused-ring (bicyclic) bond motifs is 2. The zero-order valence-electron chi connectivity index (χ0n) is 13.9. The number of benzene rings is 1. The summed E-state index contributed by atoms with van der Waals surface area (Å²) in [5.41, 5.74) is 3.46. The summed E-state index contributed by atoms with van der Waals surface area (Å²) in [4.78, 5) is 20.7. The van der Waals surface area contributed by atoms with Gasteiger partial charge in [0.1, 0.15) is 5.69 Å². The lowest BCUT2D eigenvalue weighted by molar-refractivity contribution is -0.393. The molecule has 2 saturated carbocycles. The van der Waals surface area contributed by atoms with Crippen LogP contribution in [-0.2, 0) is 0 Å². The highest BCUT2D eigenvalue weighted by Crippen LogP contribution is 2.63. The molecular formula is C16H20N4O4. The van der Waals surface area contributed by atoms with Crippen molar-refractivity contribution >= 4 is 22.8 Å². The van der Waals surface area contributed by atoms with Gasteiger partial charge in [0.15, 0.2) is 0 Å². The molecule has 2 bridgehead atoms.